The Morgan fingerprint density at radius 2 is 1.09 bits per heavy atom. The number of alkyl carbamates (subject to hydrolysis) is 2. The fourth-order valence-corrected chi connectivity index (χ4v) is 5.21. The molecule has 2 unspecified atom stereocenters. The molecule has 0 saturated heterocycles. The van der Waals surface area contributed by atoms with Crippen molar-refractivity contribution in [3.05, 3.63) is 72.1 Å². The van der Waals surface area contributed by atoms with Crippen LogP contribution in [0.5, 0.6) is 0 Å². The van der Waals surface area contributed by atoms with Crippen molar-refractivity contribution in [1.29, 1.82) is 0 Å². The summed E-state index contributed by atoms with van der Waals surface area (Å²) in [6, 6.07) is 13.9. The normalized spacial score (nSPS) is 13.4. The van der Waals surface area contributed by atoms with Gasteiger partial charge in [0.25, 0.3) is 0 Å². The number of aromatic amines is 2. The Hall–Kier alpha value is -4.60. The molecule has 0 bridgehead atoms. The van der Waals surface area contributed by atoms with Gasteiger partial charge in [0.15, 0.2) is 0 Å². The van der Waals surface area contributed by atoms with E-state index in [4.69, 9.17) is 19.4 Å². The van der Waals surface area contributed by atoms with Crippen LogP contribution in [-0.4, -0.2) is 43.3 Å². The highest BCUT2D eigenvalue weighted by atomic mass is 16.6. The first-order valence-corrected chi connectivity index (χ1v) is 16.2. The van der Waals surface area contributed by atoms with E-state index in [0.717, 1.165) is 39.2 Å². The van der Waals surface area contributed by atoms with E-state index in [1.54, 1.807) is 0 Å². The molecule has 0 spiro atoms. The third-order valence-electron chi connectivity index (χ3n) is 7.48. The fourth-order valence-electron chi connectivity index (χ4n) is 5.21. The number of benzene rings is 2. The predicted octanol–water partition coefficient (Wildman–Crippen LogP) is 8.89. The van der Waals surface area contributed by atoms with Crippen LogP contribution in [-0.2, 0) is 9.47 Å². The number of H-pyrrole nitrogens is 2. The Kier molecular flexibility index (Phi) is 10.5. The van der Waals surface area contributed by atoms with Crippen LogP contribution in [0.4, 0.5) is 9.59 Å². The summed E-state index contributed by atoms with van der Waals surface area (Å²) in [5, 5.41) is 5.91. The summed E-state index contributed by atoms with van der Waals surface area (Å²) in [5.74, 6) is 1.57. The van der Waals surface area contributed by atoms with Crippen molar-refractivity contribution in [3.63, 3.8) is 0 Å². The van der Waals surface area contributed by atoms with Gasteiger partial charge in [0.1, 0.15) is 22.9 Å². The maximum absolute atomic E-state index is 12.5. The smallest absolute Gasteiger partial charge is 0.408 e. The fraction of sp³-hybridized carbons (Fsp3) is 0.459. The van der Waals surface area contributed by atoms with Crippen molar-refractivity contribution in [2.24, 2.45) is 11.8 Å². The molecule has 2 aromatic carbocycles. The number of nitrogens with zero attached hydrogens (tertiary/aromatic N) is 2. The van der Waals surface area contributed by atoms with E-state index >= 15 is 0 Å². The number of nitrogens with one attached hydrogen (secondary N) is 4. The van der Waals surface area contributed by atoms with Gasteiger partial charge in [-0.2, -0.15) is 0 Å². The number of carbonyl (C=O) groups is 2. The lowest BCUT2D eigenvalue weighted by atomic mass is 9.97. The van der Waals surface area contributed by atoms with Crippen molar-refractivity contribution in [1.82, 2.24) is 30.6 Å². The molecular formula is C37H50N6O4. The van der Waals surface area contributed by atoms with E-state index in [2.05, 4.69) is 57.9 Å². The van der Waals surface area contributed by atoms with Crippen molar-refractivity contribution in [2.45, 2.75) is 99.4 Å². The zero-order chi connectivity index (χ0) is 34.7. The average molecular weight is 643 g/mol. The van der Waals surface area contributed by atoms with Crippen molar-refractivity contribution in [3.8, 4) is 33.6 Å². The number of aryl methyl sites for hydroxylation is 1. The van der Waals surface area contributed by atoms with Crippen molar-refractivity contribution in [2.75, 3.05) is 0 Å². The Morgan fingerprint density at radius 1 is 0.660 bits per heavy atom. The number of aromatic nitrogens is 4. The van der Waals surface area contributed by atoms with Gasteiger partial charge in [-0.1, -0.05) is 70.2 Å². The molecule has 4 rings (SSSR count). The molecule has 10 nitrogen and oxygen atoms in total. The number of amides is 2. The molecule has 47 heavy (non-hydrogen) atoms. The topological polar surface area (TPSA) is 134 Å². The quantitative estimate of drug-likeness (QED) is 0.144. The summed E-state index contributed by atoms with van der Waals surface area (Å²) in [4.78, 5) is 41.1. The predicted molar refractivity (Wildman–Crippen MR) is 186 cm³/mol. The van der Waals surface area contributed by atoms with Crippen LogP contribution in [0.25, 0.3) is 33.6 Å². The Bertz CT molecular complexity index is 1670. The SMILES string of the molecule is Cc1cc(-c2ccc(-c3c[nH]c(C(NC(=O)OC(C)(C)C)C(C)C)n3)cc2)ccc1-c1c[nH]c(C(NC(=O)OC(C)(C)C)C(C)C)n1. The van der Waals surface area contributed by atoms with Gasteiger partial charge in [0.2, 0.25) is 0 Å². The van der Waals surface area contributed by atoms with Gasteiger partial charge in [0, 0.05) is 23.5 Å². The van der Waals surface area contributed by atoms with Crippen LogP contribution in [0, 0.1) is 18.8 Å². The number of hydrogen-bond acceptors (Lipinski definition) is 6. The van der Waals surface area contributed by atoms with Gasteiger partial charge in [-0.05, 0) is 77.0 Å². The first-order chi connectivity index (χ1) is 21.9. The molecule has 2 amide bonds. The number of imidazole rings is 2. The third kappa shape index (κ3) is 9.47. The molecule has 0 aliphatic rings. The minimum Gasteiger partial charge on any atom is -0.444 e. The standard InChI is InChI=1S/C37H50N6O4/c1-21(2)30(42-34(44)46-36(6,7)8)32-38-19-28(40-32)25-14-12-24(13-15-25)26-16-17-27(23(5)18-26)29-20-39-33(41-29)31(22(3)4)43-35(45)47-37(9,10)11/h12-22,30-31H,1-11H3,(H,38,40)(H,39,41)(H,42,44)(H,43,45). The zero-order valence-electron chi connectivity index (χ0n) is 29.5. The molecule has 0 fully saturated rings. The molecule has 0 aliphatic heterocycles. The lowest BCUT2D eigenvalue weighted by Crippen LogP contribution is -2.37. The molecule has 4 N–H and O–H groups in total. The van der Waals surface area contributed by atoms with Gasteiger partial charge in [-0.25, -0.2) is 19.6 Å². The molecule has 4 aromatic rings. The highest BCUT2D eigenvalue weighted by Gasteiger charge is 2.26. The van der Waals surface area contributed by atoms with Crippen LogP contribution < -0.4 is 10.6 Å². The number of rotatable bonds is 9. The Morgan fingerprint density at radius 3 is 1.53 bits per heavy atom. The van der Waals surface area contributed by atoms with Crippen LogP contribution in [0.2, 0.25) is 0 Å². The largest absolute Gasteiger partial charge is 0.444 e. The van der Waals surface area contributed by atoms with Crippen LogP contribution >= 0.6 is 0 Å². The minimum atomic E-state index is -0.582. The zero-order valence-corrected chi connectivity index (χ0v) is 29.5. The van der Waals surface area contributed by atoms with E-state index < -0.39 is 23.4 Å². The monoisotopic (exact) mass is 642 g/mol. The molecular weight excluding hydrogens is 592 g/mol. The Labute approximate surface area is 278 Å². The van der Waals surface area contributed by atoms with Crippen LogP contribution in [0.3, 0.4) is 0 Å². The van der Waals surface area contributed by atoms with Crippen molar-refractivity contribution >= 4 is 12.2 Å². The van der Waals surface area contributed by atoms with Gasteiger partial charge in [-0.15, -0.1) is 0 Å². The van der Waals surface area contributed by atoms with Crippen LogP contribution in [0.15, 0.2) is 54.9 Å². The second-order valence-electron chi connectivity index (χ2n) is 14.7. The van der Waals surface area contributed by atoms with E-state index in [1.165, 1.54) is 0 Å². The first-order valence-electron chi connectivity index (χ1n) is 16.2. The maximum Gasteiger partial charge on any atom is 0.408 e. The molecule has 2 aromatic heterocycles. The van der Waals surface area contributed by atoms with Crippen LogP contribution in [0.1, 0.15) is 98.5 Å². The number of ether oxygens (including phenoxy) is 2. The number of carbonyl (C=O) groups excluding carboxylic acids is 2. The van der Waals surface area contributed by atoms with E-state index in [-0.39, 0.29) is 23.9 Å². The van der Waals surface area contributed by atoms with E-state index in [9.17, 15) is 9.59 Å². The maximum atomic E-state index is 12.5. The summed E-state index contributed by atoms with van der Waals surface area (Å²) in [6.07, 6.45) is 2.80. The summed E-state index contributed by atoms with van der Waals surface area (Å²) < 4.78 is 10.9. The number of hydrogen-bond donors (Lipinski definition) is 4. The summed E-state index contributed by atoms with van der Waals surface area (Å²) >= 11 is 0. The average Bonchev–Trinajstić information content (AvgIpc) is 3.63. The highest BCUT2D eigenvalue weighted by Crippen LogP contribution is 2.31. The summed E-state index contributed by atoms with van der Waals surface area (Å²) in [6.45, 7) is 21.3. The molecule has 0 aliphatic carbocycles. The summed E-state index contributed by atoms with van der Waals surface area (Å²) in [5.41, 5.74) is 5.67. The van der Waals surface area contributed by atoms with Gasteiger partial charge in [-0.3, -0.25) is 0 Å². The molecule has 2 heterocycles. The third-order valence-corrected chi connectivity index (χ3v) is 7.48. The summed E-state index contributed by atoms with van der Waals surface area (Å²) in [7, 11) is 0. The highest BCUT2D eigenvalue weighted by molar-refractivity contribution is 5.74. The molecule has 0 radical (unpaired) electrons. The van der Waals surface area contributed by atoms with E-state index in [1.807, 2.05) is 93.8 Å². The lowest BCUT2D eigenvalue weighted by Gasteiger charge is -2.24. The minimum absolute atomic E-state index is 0.103. The molecule has 2 atom stereocenters. The second-order valence-corrected chi connectivity index (χ2v) is 14.7. The van der Waals surface area contributed by atoms with Gasteiger partial charge >= 0.3 is 12.2 Å². The molecule has 10 heteroatoms. The lowest BCUT2D eigenvalue weighted by molar-refractivity contribution is 0.0475. The Balaban J connectivity index is 1.48. The van der Waals surface area contributed by atoms with Gasteiger partial charge < -0.3 is 30.1 Å². The van der Waals surface area contributed by atoms with Crippen molar-refractivity contribution < 1.29 is 19.1 Å². The van der Waals surface area contributed by atoms with Gasteiger partial charge in [0.05, 0.1) is 23.5 Å². The molecule has 0 saturated carbocycles. The first kappa shape index (κ1) is 35.3. The molecule has 252 valence electrons. The second kappa shape index (κ2) is 14.0. The van der Waals surface area contributed by atoms with E-state index in [0.29, 0.717) is 11.6 Å².